The lowest BCUT2D eigenvalue weighted by Gasteiger charge is -2.10. The summed E-state index contributed by atoms with van der Waals surface area (Å²) < 4.78 is 18.5. The van der Waals surface area contributed by atoms with Gasteiger partial charge in [0.1, 0.15) is 28.9 Å². The third-order valence-corrected chi connectivity index (χ3v) is 2.65. The van der Waals surface area contributed by atoms with Crippen molar-refractivity contribution in [3.63, 3.8) is 0 Å². The van der Waals surface area contributed by atoms with Gasteiger partial charge in [-0.2, -0.15) is 5.26 Å². The van der Waals surface area contributed by atoms with Gasteiger partial charge in [0.25, 0.3) is 0 Å². The molecule has 0 aliphatic rings. The zero-order chi connectivity index (χ0) is 14.7. The maximum absolute atomic E-state index is 13.0. The molecule has 0 spiro atoms. The van der Waals surface area contributed by atoms with Gasteiger partial charge in [-0.1, -0.05) is 6.07 Å². The lowest BCUT2D eigenvalue weighted by molar-refractivity contribution is 0.0694. The lowest BCUT2D eigenvalue weighted by atomic mass is 10.1. The second-order valence-electron chi connectivity index (χ2n) is 4.16. The number of benzene rings is 2. The summed E-state index contributed by atoms with van der Waals surface area (Å²) in [6.45, 7) is 1.79. The molecule has 0 aliphatic heterocycles. The Balaban J connectivity index is 2.47. The third-order valence-electron chi connectivity index (χ3n) is 2.65. The zero-order valence-corrected chi connectivity index (χ0v) is 10.6. The van der Waals surface area contributed by atoms with Gasteiger partial charge in [0.2, 0.25) is 0 Å². The smallest absolute Gasteiger partial charge is 0.339 e. The molecular formula is C15H10FNO3. The summed E-state index contributed by atoms with van der Waals surface area (Å²) in [4.78, 5) is 11.1. The van der Waals surface area contributed by atoms with E-state index in [0.717, 1.165) is 17.7 Å². The van der Waals surface area contributed by atoms with Crippen molar-refractivity contribution in [2.45, 2.75) is 6.92 Å². The second-order valence-corrected chi connectivity index (χ2v) is 4.16. The minimum Gasteiger partial charge on any atom is -0.478 e. The molecule has 0 atom stereocenters. The monoisotopic (exact) mass is 271 g/mol. The molecule has 1 N–H and O–H groups in total. The van der Waals surface area contributed by atoms with Gasteiger partial charge in [-0.05, 0) is 42.8 Å². The topological polar surface area (TPSA) is 70.3 Å². The number of carboxylic acid groups (broad SMARTS) is 1. The first-order valence-corrected chi connectivity index (χ1v) is 5.72. The quantitative estimate of drug-likeness (QED) is 0.927. The van der Waals surface area contributed by atoms with Crippen molar-refractivity contribution in [3.05, 3.63) is 58.9 Å². The molecule has 5 heteroatoms. The van der Waals surface area contributed by atoms with Crippen LogP contribution in [0.5, 0.6) is 11.5 Å². The highest BCUT2D eigenvalue weighted by Crippen LogP contribution is 2.29. The van der Waals surface area contributed by atoms with Crippen LogP contribution in [0.15, 0.2) is 36.4 Å². The van der Waals surface area contributed by atoms with Gasteiger partial charge in [-0.25, -0.2) is 9.18 Å². The van der Waals surface area contributed by atoms with Crippen LogP contribution in [0.25, 0.3) is 0 Å². The fourth-order valence-electron chi connectivity index (χ4n) is 1.69. The summed E-state index contributed by atoms with van der Waals surface area (Å²) in [5, 5.41) is 18.0. The van der Waals surface area contributed by atoms with E-state index in [1.807, 2.05) is 6.07 Å². The van der Waals surface area contributed by atoms with E-state index in [0.29, 0.717) is 0 Å². The van der Waals surface area contributed by atoms with E-state index < -0.39 is 11.8 Å². The number of hydrogen-bond donors (Lipinski definition) is 1. The number of hydrogen-bond acceptors (Lipinski definition) is 3. The number of nitrogens with zero attached hydrogens (tertiary/aromatic N) is 1. The number of carbonyl (C=O) groups is 1. The van der Waals surface area contributed by atoms with Gasteiger partial charge >= 0.3 is 5.97 Å². The highest BCUT2D eigenvalue weighted by Gasteiger charge is 2.14. The Morgan fingerprint density at radius 2 is 2.00 bits per heavy atom. The predicted octanol–water partition coefficient (Wildman–Crippen LogP) is 3.50. The number of aryl methyl sites for hydroxylation is 1. The van der Waals surface area contributed by atoms with Crippen LogP contribution in [0.1, 0.15) is 21.5 Å². The van der Waals surface area contributed by atoms with E-state index in [4.69, 9.17) is 15.1 Å². The fraction of sp³-hybridized carbons (Fsp3) is 0.0667. The Morgan fingerprint density at radius 1 is 1.25 bits per heavy atom. The van der Waals surface area contributed by atoms with Crippen molar-refractivity contribution in [2.24, 2.45) is 0 Å². The molecule has 4 nitrogen and oxygen atoms in total. The highest BCUT2D eigenvalue weighted by atomic mass is 19.1. The zero-order valence-electron chi connectivity index (χ0n) is 10.6. The maximum atomic E-state index is 13.0. The minimum absolute atomic E-state index is 0.00263. The molecule has 20 heavy (non-hydrogen) atoms. The van der Waals surface area contributed by atoms with Crippen LogP contribution in [-0.2, 0) is 0 Å². The molecule has 0 amide bonds. The van der Waals surface area contributed by atoms with E-state index in [9.17, 15) is 9.18 Å². The molecule has 0 aromatic heterocycles. The summed E-state index contributed by atoms with van der Waals surface area (Å²) in [5.74, 6) is -1.47. The van der Waals surface area contributed by atoms with Gasteiger partial charge in [-0.3, -0.25) is 0 Å². The lowest BCUT2D eigenvalue weighted by Crippen LogP contribution is -2.01. The van der Waals surface area contributed by atoms with E-state index >= 15 is 0 Å². The summed E-state index contributed by atoms with van der Waals surface area (Å²) in [7, 11) is 0. The number of aromatic carboxylic acids is 1. The van der Waals surface area contributed by atoms with Crippen LogP contribution >= 0.6 is 0 Å². The summed E-state index contributed by atoms with van der Waals surface area (Å²) >= 11 is 0. The van der Waals surface area contributed by atoms with Crippen molar-refractivity contribution in [1.82, 2.24) is 0 Å². The average molecular weight is 271 g/mol. The first-order valence-electron chi connectivity index (χ1n) is 5.72. The van der Waals surface area contributed by atoms with E-state index in [1.54, 1.807) is 19.1 Å². The molecule has 2 rings (SSSR count). The van der Waals surface area contributed by atoms with Crippen molar-refractivity contribution in [2.75, 3.05) is 0 Å². The number of carboxylic acids is 1. The van der Waals surface area contributed by atoms with Crippen molar-refractivity contribution < 1.29 is 19.0 Å². The van der Waals surface area contributed by atoms with Gasteiger partial charge in [0, 0.05) is 0 Å². The third kappa shape index (κ3) is 2.75. The standard InChI is InChI=1S/C15H10FNO3/c1-9-2-4-12(15(18)19)14(6-9)20-13-5-3-11(16)7-10(13)8-17/h2-7H,1H3,(H,18,19). The summed E-state index contributed by atoms with van der Waals surface area (Å²) in [6.07, 6.45) is 0. The van der Waals surface area contributed by atoms with Crippen LogP contribution < -0.4 is 4.74 Å². The van der Waals surface area contributed by atoms with E-state index in [1.165, 1.54) is 12.1 Å². The number of nitriles is 1. The highest BCUT2D eigenvalue weighted by molar-refractivity contribution is 5.91. The molecule has 0 fully saturated rings. The maximum Gasteiger partial charge on any atom is 0.339 e. The Labute approximate surface area is 114 Å². The van der Waals surface area contributed by atoms with Crippen molar-refractivity contribution in [1.29, 1.82) is 5.26 Å². The molecule has 0 aliphatic carbocycles. The van der Waals surface area contributed by atoms with Crippen LogP contribution in [-0.4, -0.2) is 11.1 Å². The molecule has 0 bridgehead atoms. The molecule has 2 aromatic rings. The Bertz CT molecular complexity index is 720. The second kappa shape index (κ2) is 5.41. The van der Waals surface area contributed by atoms with Crippen molar-refractivity contribution in [3.8, 4) is 17.6 Å². The molecule has 100 valence electrons. The average Bonchev–Trinajstić information content (AvgIpc) is 2.40. The Kier molecular flexibility index (Phi) is 3.67. The first-order chi connectivity index (χ1) is 9.51. The molecule has 0 radical (unpaired) electrons. The van der Waals surface area contributed by atoms with Crippen LogP contribution in [0.4, 0.5) is 4.39 Å². The van der Waals surface area contributed by atoms with Gasteiger partial charge in [0.15, 0.2) is 0 Å². The molecular weight excluding hydrogens is 261 g/mol. The normalized spacial score (nSPS) is 9.85. The van der Waals surface area contributed by atoms with E-state index in [-0.39, 0.29) is 22.6 Å². The molecule has 0 unspecified atom stereocenters. The predicted molar refractivity (Wildman–Crippen MR) is 69.3 cm³/mol. The molecule has 0 saturated heterocycles. The SMILES string of the molecule is Cc1ccc(C(=O)O)c(Oc2ccc(F)cc2C#N)c1. The van der Waals surface area contributed by atoms with E-state index in [2.05, 4.69) is 0 Å². The van der Waals surface area contributed by atoms with Crippen molar-refractivity contribution >= 4 is 5.97 Å². The summed E-state index contributed by atoms with van der Waals surface area (Å²) in [5.41, 5.74) is 0.789. The Hall–Kier alpha value is -2.87. The molecule has 2 aromatic carbocycles. The van der Waals surface area contributed by atoms with Gasteiger partial charge < -0.3 is 9.84 Å². The largest absolute Gasteiger partial charge is 0.478 e. The summed E-state index contributed by atoms with van der Waals surface area (Å²) in [6, 6.07) is 9.89. The minimum atomic E-state index is -1.14. The van der Waals surface area contributed by atoms with Crippen LogP contribution in [0, 0.1) is 24.1 Å². The Morgan fingerprint density at radius 3 is 2.65 bits per heavy atom. The molecule has 0 heterocycles. The molecule has 0 saturated carbocycles. The van der Waals surface area contributed by atoms with Gasteiger partial charge in [-0.15, -0.1) is 0 Å². The number of halogens is 1. The van der Waals surface area contributed by atoms with Gasteiger partial charge in [0.05, 0.1) is 5.56 Å². The van der Waals surface area contributed by atoms with Crippen LogP contribution in [0.3, 0.4) is 0 Å². The number of rotatable bonds is 3. The van der Waals surface area contributed by atoms with Crippen LogP contribution in [0.2, 0.25) is 0 Å². The first kappa shape index (κ1) is 13.6. The fourth-order valence-corrected chi connectivity index (χ4v) is 1.69. The number of ether oxygens (including phenoxy) is 1.